The highest BCUT2D eigenvalue weighted by molar-refractivity contribution is 5.69. The molecule has 0 aliphatic carbocycles. The first-order chi connectivity index (χ1) is 9.90. The summed E-state index contributed by atoms with van der Waals surface area (Å²) in [6, 6.07) is 7.85. The summed E-state index contributed by atoms with van der Waals surface area (Å²) in [5, 5.41) is 0. The van der Waals surface area contributed by atoms with Crippen LogP contribution in [0.25, 0.3) is 0 Å². The minimum absolute atomic E-state index is 0.111. The van der Waals surface area contributed by atoms with Crippen LogP contribution in [0.1, 0.15) is 37.9 Å². The second-order valence-electron chi connectivity index (χ2n) is 6.21. The summed E-state index contributed by atoms with van der Waals surface area (Å²) < 4.78 is 11.0. The molecule has 1 aromatic rings. The van der Waals surface area contributed by atoms with Gasteiger partial charge >= 0.3 is 6.09 Å². The zero-order valence-corrected chi connectivity index (χ0v) is 13.0. The number of nitrogens with zero attached hydrogens (tertiary/aromatic N) is 1. The van der Waals surface area contributed by atoms with Crippen molar-refractivity contribution in [2.75, 3.05) is 19.8 Å². The molecule has 5 nitrogen and oxygen atoms in total. The van der Waals surface area contributed by atoms with Gasteiger partial charge in [0.2, 0.25) is 0 Å². The summed E-state index contributed by atoms with van der Waals surface area (Å²) >= 11 is 0. The zero-order chi connectivity index (χ0) is 15.5. The molecule has 0 saturated carbocycles. The number of rotatable bonds is 2. The third-order valence-corrected chi connectivity index (χ3v) is 3.36. The van der Waals surface area contributed by atoms with Crippen molar-refractivity contribution in [1.29, 1.82) is 0 Å². The summed E-state index contributed by atoms with van der Waals surface area (Å²) in [7, 11) is 0. The van der Waals surface area contributed by atoms with Gasteiger partial charge in [-0.2, -0.15) is 0 Å². The lowest BCUT2D eigenvalue weighted by molar-refractivity contribution is -0.0331. The first-order valence-electron chi connectivity index (χ1n) is 7.27. The summed E-state index contributed by atoms with van der Waals surface area (Å²) in [6.07, 6.45) is -0.293. The van der Waals surface area contributed by atoms with Gasteiger partial charge in [0.05, 0.1) is 19.3 Å². The molecule has 2 rings (SSSR count). The lowest BCUT2D eigenvalue weighted by Crippen LogP contribution is -2.45. The number of carbonyl (C=O) groups excluding carboxylic acids is 1. The summed E-state index contributed by atoms with van der Waals surface area (Å²) in [5.74, 6) is 0. The number of benzene rings is 1. The summed E-state index contributed by atoms with van der Waals surface area (Å²) in [5.41, 5.74) is 7.23. The van der Waals surface area contributed by atoms with Crippen molar-refractivity contribution in [2.24, 2.45) is 5.73 Å². The van der Waals surface area contributed by atoms with E-state index in [1.54, 1.807) is 4.90 Å². The molecule has 0 unspecified atom stereocenters. The molecule has 1 aliphatic rings. The van der Waals surface area contributed by atoms with E-state index in [-0.39, 0.29) is 12.1 Å². The van der Waals surface area contributed by atoms with Gasteiger partial charge in [-0.15, -0.1) is 0 Å². The molecule has 0 radical (unpaired) electrons. The Morgan fingerprint density at radius 3 is 2.62 bits per heavy atom. The van der Waals surface area contributed by atoms with E-state index in [0.29, 0.717) is 26.3 Å². The van der Waals surface area contributed by atoms with Crippen molar-refractivity contribution in [3.8, 4) is 0 Å². The highest BCUT2D eigenvalue weighted by Gasteiger charge is 2.31. The number of carbonyl (C=O) groups is 1. The molecule has 5 heteroatoms. The maximum atomic E-state index is 12.3. The lowest BCUT2D eigenvalue weighted by Gasteiger charge is -2.36. The van der Waals surface area contributed by atoms with Gasteiger partial charge in [-0.25, -0.2) is 4.79 Å². The normalized spacial score (nSPS) is 19.4. The summed E-state index contributed by atoms with van der Waals surface area (Å²) in [4.78, 5) is 14.1. The van der Waals surface area contributed by atoms with E-state index in [4.69, 9.17) is 15.2 Å². The van der Waals surface area contributed by atoms with Crippen molar-refractivity contribution in [1.82, 2.24) is 4.90 Å². The van der Waals surface area contributed by atoms with E-state index < -0.39 is 5.60 Å². The van der Waals surface area contributed by atoms with Crippen LogP contribution in [0.2, 0.25) is 0 Å². The Morgan fingerprint density at radius 1 is 1.38 bits per heavy atom. The van der Waals surface area contributed by atoms with Gasteiger partial charge in [-0.05, 0) is 31.9 Å². The molecule has 1 amide bonds. The number of hydrogen-bond acceptors (Lipinski definition) is 4. The average molecular weight is 292 g/mol. The maximum absolute atomic E-state index is 12.3. The Labute approximate surface area is 126 Å². The van der Waals surface area contributed by atoms with Gasteiger partial charge in [-0.1, -0.05) is 24.3 Å². The van der Waals surface area contributed by atoms with Crippen LogP contribution in [-0.2, 0) is 16.0 Å². The zero-order valence-electron chi connectivity index (χ0n) is 13.0. The smallest absolute Gasteiger partial charge is 0.410 e. The molecule has 21 heavy (non-hydrogen) atoms. The van der Waals surface area contributed by atoms with Crippen molar-refractivity contribution < 1.29 is 14.3 Å². The molecule has 116 valence electrons. The number of morpholine rings is 1. The van der Waals surface area contributed by atoms with E-state index in [9.17, 15) is 4.79 Å². The Morgan fingerprint density at radius 2 is 2.05 bits per heavy atom. The first-order valence-corrected chi connectivity index (χ1v) is 7.27. The van der Waals surface area contributed by atoms with Crippen LogP contribution < -0.4 is 5.73 Å². The average Bonchev–Trinajstić information content (AvgIpc) is 2.45. The molecule has 1 heterocycles. The topological polar surface area (TPSA) is 64.8 Å². The Kier molecular flexibility index (Phi) is 4.85. The van der Waals surface area contributed by atoms with Gasteiger partial charge < -0.3 is 15.2 Å². The number of nitrogens with two attached hydrogens (primary N) is 1. The molecule has 1 fully saturated rings. The third-order valence-electron chi connectivity index (χ3n) is 3.36. The van der Waals surface area contributed by atoms with Gasteiger partial charge in [0.25, 0.3) is 0 Å². The lowest BCUT2D eigenvalue weighted by atomic mass is 10.0. The fraction of sp³-hybridized carbons (Fsp3) is 0.562. The quantitative estimate of drug-likeness (QED) is 0.909. The molecule has 1 aromatic carbocycles. The van der Waals surface area contributed by atoms with E-state index in [1.165, 1.54) is 0 Å². The molecule has 0 spiro atoms. The molecule has 1 aliphatic heterocycles. The molecule has 0 bridgehead atoms. The monoisotopic (exact) mass is 292 g/mol. The van der Waals surface area contributed by atoms with Crippen LogP contribution in [0.4, 0.5) is 4.79 Å². The summed E-state index contributed by atoms with van der Waals surface area (Å²) in [6.45, 7) is 7.69. The minimum Gasteiger partial charge on any atom is -0.444 e. The van der Waals surface area contributed by atoms with Gasteiger partial charge in [-0.3, -0.25) is 4.90 Å². The second-order valence-corrected chi connectivity index (χ2v) is 6.21. The predicted molar refractivity (Wildman–Crippen MR) is 80.8 cm³/mol. The molecule has 1 atom stereocenters. The van der Waals surface area contributed by atoms with Gasteiger partial charge in [0.1, 0.15) is 5.60 Å². The predicted octanol–water partition coefficient (Wildman–Crippen LogP) is 2.45. The van der Waals surface area contributed by atoms with Crippen LogP contribution in [0.15, 0.2) is 24.3 Å². The van der Waals surface area contributed by atoms with E-state index in [2.05, 4.69) is 0 Å². The number of ether oxygens (including phenoxy) is 2. The highest BCUT2D eigenvalue weighted by Crippen LogP contribution is 2.26. The van der Waals surface area contributed by atoms with Crippen LogP contribution in [0.3, 0.4) is 0 Å². The fourth-order valence-corrected chi connectivity index (χ4v) is 2.29. The van der Waals surface area contributed by atoms with Gasteiger partial charge in [0, 0.05) is 13.1 Å². The molecule has 0 aromatic heterocycles. The van der Waals surface area contributed by atoms with Crippen LogP contribution in [-0.4, -0.2) is 36.4 Å². The van der Waals surface area contributed by atoms with Gasteiger partial charge in [0.15, 0.2) is 0 Å². The standard InChI is InChI=1S/C16H24N2O3/c1-16(2,3)21-15(19)18-8-9-20-11-14(18)13-6-4-12(10-17)5-7-13/h4-7,14H,8-11,17H2,1-3H3/t14-/m1/s1. The third kappa shape index (κ3) is 4.19. The van der Waals surface area contributed by atoms with Crippen molar-refractivity contribution in [2.45, 2.75) is 39.0 Å². The molecule has 2 N–H and O–H groups in total. The van der Waals surface area contributed by atoms with Crippen molar-refractivity contribution in [3.05, 3.63) is 35.4 Å². The SMILES string of the molecule is CC(C)(C)OC(=O)N1CCOC[C@@H]1c1ccc(CN)cc1. The van der Waals surface area contributed by atoms with Crippen LogP contribution in [0, 0.1) is 0 Å². The van der Waals surface area contributed by atoms with Crippen LogP contribution >= 0.6 is 0 Å². The van der Waals surface area contributed by atoms with Crippen molar-refractivity contribution in [3.63, 3.8) is 0 Å². The number of amides is 1. The first kappa shape index (κ1) is 15.8. The van der Waals surface area contributed by atoms with Crippen molar-refractivity contribution >= 4 is 6.09 Å². The van der Waals surface area contributed by atoms with Crippen LogP contribution in [0.5, 0.6) is 0 Å². The molecular formula is C16H24N2O3. The van der Waals surface area contributed by atoms with E-state index in [1.807, 2.05) is 45.0 Å². The number of hydrogen-bond donors (Lipinski definition) is 1. The molecular weight excluding hydrogens is 268 g/mol. The molecule has 1 saturated heterocycles. The Hall–Kier alpha value is -1.59. The largest absolute Gasteiger partial charge is 0.444 e. The Bertz CT molecular complexity index is 479. The Balaban J connectivity index is 2.16. The minimum atomic E-state index is -0.497. The fourth-order valence-electron chi connectivity index (χ4n) is 2.29. The van der Waals surface area contributed by atoms with E-state index >= 15 is 0 Å². The highest BCUT2D eigenvalue weighted by atomic mass is 16.6. The van der Waals surface area contributed by atoms with E-state index in [0.717, 1.165) is 11.1 Å². The second kappa shape index (κ2) is 6.45. The maximum Gasteiger partial charge on any atom is 0.410 e.